The lowest BCUT2D eigenvalue weighted by Crippen LogP contribution is -2.49. The number of nitrogens with one attached hydrogen (secondary N) is 1. The zero-order valence-electron chi connectivity index (χ0n) is 14.1. The molecule has 0 saturated carbocycles. The van der Waals surface area contributed by atoms with Gasteiger partial charge in [0, 0.05) is 28.5 Å². The van der Waals surface area contributed by atoms with Crippen LogP contribution in [-0.4, -0.2) is 33.7 Å². The first kappa shape index (κ1) is 18.0. The lowest BCUT2D eigenvalue weighted by molar-refractivity contribution is 0.0757. The molecule has 1 heterocycles. The van der Waals surface area contributed by atoms with Gasteiger partial charge in [-0.15, -0.1) is 0 Å². The van der Waals surface area contributed by atoms with Gasteiger partial charge in [-0.3, -0.25) is 4.72 Å². The number of hydrogen-bond donors (Lipinski definition) is 1. The molecule has 2 atom stereocenters. The normalized spacial score (nSPS) is 21.2. The Morgan fingerprint density at radius 2 is 1.72 bits per heavy atom. The van der Waals surface area contributed by atoms with E-state index in [-0.39, 0.29) is 17.0 Å². The number of benzene rings is 2. The average molecular weight is 381 g/mol. The van der Waals surface area contributed by atoms with E-state index in [1.165, 1.54) is 12.1 Å². The molecule has 0 amide bonds. The summed E-state index contributed by atoms with van der Waals surface area (Å²) in [5.41, 5.74) is 1.56. The fraction of sp³-hybridized carbons (Fsp3) is 0.333. The maximum absolute atomic E-state index is 12.4. The van der Waals surface area contributed by atoms with Crippen LogP contribution in [0.3, 0.4) is 0 Å². The van der Waals surface area contributed by atoms with Crippen molar-refractivity contribution in [2.45, 2.75) is 30.8 Å². The summed E-state index contributed by atoms with van der Waals surface area (Å²) < 4.78 is 33.0. The molecule has 0 spiro atoms. The maximum Gasteiger partial charge on any atom is 0.261 e. The van der Waals surface area contributed by atoms with E-state index in [9.17, 15) is 8.42 Å². The Morgan fingerprint density at radius 1 is 1.08 bits per heavy atom. The second-order valence-corrected chi connectivity index (χ2v) is 8.37. The summed E-state index contributed by atoms with van der Waals surface area (Å²) in [5, 5.41) is 0.383. The summed E-state index contributed by atoms with van der Waals surface area (Å²) >= 11 is 5.88. The van der Waals surface area contributed by atoms with Crippen LogP contribution in [0.15, 0.2) is 53.4 Å². The molecule has 0 aliphatic carbocycles. The van der Waals surface area contributed by atoms with Crippen molar-refractivity contribution >= 4 is 33.0 Å². The lowest BCUT2D eigenvalue weighted by Gasteiger charge is -2.40. The van der Waals surface area contributed by atoms with Crippen LogP contribution in [0, 0.1) is 0 Å². The van der Waals surface area contributed by atoms with Gasteiger partial charge >= 0.3 is 0 Å². The van der Waals surface area contributed by atoms with Crippen molar-refractivity contribution in [2.24, 2.45) is 0 Å². The predicted octanol–water partition coefficient (Wildman–Crippen LogP) is 3.75. The van der Waals surface area contributed by atoms with E-state index in [0.717, 1.165) is 5.69 Å². The van der Waals surface area contributed by atoms with Crippen LogP contribution in [0.2, 0.25) is 5.02 Å². The summed E-state index contributed by atoms with van der Waals surface area (Å²) in [4.78, 5) is 2.43. The molecule has 25 heavy (non-hydrogen) atoms. The Bertz CT molecular complexity index is 830. The number of halogens is 1. The van der Waals surface area contributed by atoms with Crippen LogP contribution in [-0.2, 0) is 14.8 Å². The summed E-state index contributed by atoms with van der Waals surface area (Å²) in [5.74, 6) is 0. The molecule has 2 aromatic rings. The third-order valence-corrected chi connectivity index (χ3v) is 5.81. The Balaban J connectivity index is 1.79. The SMILES string of the molecule is CC1COCC(C)N1c1ccc(NS(=O)(=O)c2cccc(Cl)c2)cc1. The number of nitrogens with zero attached hydrogens (tertiary/aromatic N) is 1. The molecule has 1 N–H and O–H groups in total. The second-order valence-electron chi connectivity index (χ2n) is 6.25. The summed E-state index contributed by atoms with van der Waals surface area (Å²) in [6.45, 7) is 5.61. The largest absolute Gasteiger partial charge is 0.377 e. The summed E-state index contributed by atoms with van der Waals surface area (Å²) in [7, 11) is -3.66. The standard InChI is InChI=1S/C18H21ClN2O3S/c1-13-11-24-12-14(2)21(13)17-8-6-16(7-9-17)20-25(22,23)18-5-3-4-15(19)10-18/h3-10,13-14,20H,11-12H2,1-2H3. The quantitative estimate of drug-likeness (QED) is 0.877. The van der Waals surface area contributed by atoms with E-state index >= 15 is 0 Å². The van der Waals surface area contributed by atoms with E-state index in [4.69, 9.17) is 16.3 Å². The van der Waals surface area contributed by atoms with Gasteiger partial charge < -0.3 is 9.64 Å². The number of morpholine rings is 1. The highest BCUT2D eigenvalue weighted by Gasteiger charge is 2.25. The van der Waals surface area contributed by atoms with Gasteiger partial charge in [-0.25, -0.2) is 8.42 Å². The molecule has 1 aliphatic heterocycles. The molecule has 0 aromatic heterocycles. The number of hydrogen-bond acceptors (Lipinski definition) is 4. The van der Waals surface area contributed by atoms with Crippen LogP contribution in [0.4, 0.5) is 11.4 Å². The molecule has 7 heteroatoms. The minimum Gasteiger partial charge on any atom is -0.377 e. The van der Waals surface area contributed by atoms with E-state index < -0.39 is 10.0 Å². The molecule has 1 aliphatic rings. The van der Waals surface area contributed by atoms with Gasteiger partial charge in [0.05, 0.1) is 18.1 Å². The van der Waals surface area contributed by atoms with Crippen molar-refractivity contribution in [1.82, 2.24) is 0 Å². The minimum absolute atomic E-state index is 0.138. The Labute approximate surface area is 153 Å². The number of sulfonamides is 1. The molecule has 134 valence electrons. The summed E-state index contributed by atoms with van der Waals surface area (Å²) in [6.07, 6.45) is 0. The second kappa shape index (κ2) is 7.23. The van der Waals surface area contributed by atoms with Gasteiger partial charge in [0.25, 0.3) is 10.0 Å². The van der Waals surface area contributed by atoms with Gasteiger partial charge in [0.15, 0.2) is 0 Å². The van der Waals surface area contributed by atoms with Crippen LogP contribution in [0.1, 0.15) is 13.8 Å². The first-order valence-corrected chi connectivity index (χ1v) is 9.97. The fourth-order valence-corrected chi connectivity index (χ4v) is 4.42. The molecular formula is C18H21ClN2O3S. The average Bonchev–Trinajstić information content (AvgIpc) is 2.56. The first-order valence-electron chi connectivity index (χ1n) is 8.11. The Morgan fingerprint density at radius 3 is 2.32 bits per heavy atom. The number of ether oxygens (including phenoxy) is 1. The Kier molecular flexibility index (Phi) is 5.22. The van der Waals surface area contributed by atoms with Crippen LogP contribution < -0.4 is 9.62 Å². The molecule has 1 fully saturated rings. The Hall–Kier alpha value is -1.76. The molecule has 3 rings (SSSR count). The third-order valence-electron chi connectivity index (χ3n) is 4.19. The number of anilines is 2. The molecule has 5 nitrogen and oxygen atoms in total. The van der Waals surface area contributed by atoms with E-state index in [1.807, 2.05) is 12.1 Å². The van der Waals surface area contributed by atoms with Crippen LogP contribution in [0.5, 0.6) is 0 Å². The van der Waals surface area contributed by atoms with Crippen molar-refractivity contribution in [2.75, 3.05) is 22.8 Å². The van der Waals surface area contributed by atoms with Crippen molar-refractivity contribution in [1.29, 1.82) is 0 Å². The molecule has 1 saturated heterocycles. The lowest BCUT2D eigenvalue weighted by atomic mass is 10.1. The molecule has 0 bridgehead atoms. The van der Waals surface area contributed by atoms with Gasteiger partial charge in [-0.05, 0) is 56.3 Å². The van der Waals surface area contributed by atoms with E-state index in [1.54, 1.807) is 24.3 Å². The maximum atomic E-state index is 12.4. The third kappa shape index (κ3) is 4.08. The smallest absolute Gasteiger partial charge is 0.261 e. The van der Waals surface area contributed by atoms with Gasteiger partial charge in [0.2, 0.25) is 0 Å². The zero-order chi connectivity index (χ0) is 18.0. The highest BCUT2D eigenvalue weighted by molar-refractivity contribution is 7.92. The van der Waals surface area contributed by atoms with Crippen LogP contribution in [0.25, 0.3) is 0 Å². The fourth-order valence-electron chi connectivity index (χ4n) is 3.06. The van der Waals surface area contributed by atoms with Gasteiger partial charge in [-0.2, -0.15) is 0 Å². The minimum atomic E-state index is -3.66. The summed E-state index contributed by atoms with van der Waals surface area (Å²) in [6, 6.07) is 14.1. The van der Waals surface area contributed by atoms with Crippen molar-refractivity contribution in [3.05, 3.63) is 53.6 Å². The molecule has 2 unspecified atom stereocenters. The molecule has 2 aromatic carbocycles. The van der Waals surface area contributed by atoms with Crippen molar-refractivity contribution in [3.63, 3.8) is 0 Å². The van der Waals surface area contributed by atoms with Gasteiger partial charge in [0.1, 0.15) is 0 Å². The van der Waals surface area contributed by atoms with E-state index in [2.05, 4.69) is 23.5 Å². The van der Waals surface area contributed by atoms with Gasteiger partial charge in [-0.1, -0.05) is 17.7 Å². The van der Waals surface area contributed by atoms with E-state index in [0.29, 0.717) is 23.9 Å². The van der Waals surface area contributed by atoms with Crippen LogP contribution >= 0.6 is 11.6 Å². The monoisotopic (exact) mass is 380 g/mol. The topological polar surface area (TPSA) is 58.6 Å². The predicted molar refractivity (Wildman–Crippen MR) is 101 cm³/mol. The highest BCUT2D eigenvalue weighted by atomic mass is 35.5. The molecular weight excluding hydrogens is 360 g/mol. The van der Waals surface area contributed by atoms with Crippen molar-refractivity contribution in [3.8, 4) is 0 Å². The van der Waals surface area contributed by atoms with Crippen molar-refractivity contribution < 1.29 is 13.2 Å². The zero-order valence-corrected chi connectivity index (χ0v) is 15.7. The highest BCUT2D eigenvalue weighted by Crippen LogP contribution is 2.26. The molecule has 0 radical (unpaired) electrons. The number of rotatable bonds is 4. The first-order chi connectivity index (χ1) is 11.9.